The van der Waals surface area contributed by atoms with E-state index in [1.54, 1.807) is 30.3 Å². The van der Waals surface area contributed by atoms with Crippen LogP contribution < -0.4 is 15.4 Å². The fraction of sp³-hybridized carbons (Fsp3) is 0.211. The third-order valence-electron chi connectivity index (χ3n) is 3.57. The summed E-state index contributed by atoms with van der Waals surface area (Å²) in [6.07, 6.45) is -0.0679. The topological polar surface area (TPSA) is 98.9 Å². The molecule has 0 saturated carbocycles. The van der Waals surface area contributed by atoms with Crippen LogP contribution in [-0.4, -0.2) is 37.5 Å². The van der Waals surface area contributed by atoms with Crippen molar-refractivity contribution in [1.29, 1.82) is 0 Å². The van der Waals surface area contributed by atoms with E-state index in [9.17, 15) is 23.2 Å². The zero-order valence-electron chi connectivity index (χ0n) is 14.7. The Labute approximate surface area is 159 Å². The third kappa shape index (κ3) is 6.35. The average Bonchev–Trinajstić information content (AvgIpc) is 2.66. The Morgan fingerprint density at radius 2 is 1.75 bits per heavy atom. The van der Waals surface area contributed by atoms with Gasteiger partial charge < -0.3 is 20.1 Å². The standard InChI is InChI=1S/C19H18F2N2O5/c20-19(21)28-15-8-4-5-13(11-15)18(26)27-12-17(25)23(10-9-16(22)24)14-6-2-1-3-7-14/h1-8,11,19H,9-10,12H2,(H2,22,24). The molecule has 0 bridgehead atoms. The Morgan fingerprint density at radius 3 is 2.39 bits per heavy atom. The monoisotopic (exact) mass is 392 g/mol. The maximum Gasteiger partial charge on any atom is 0.387 e. The summed E-state index contributed by atoms with van der Waals surface area (Å²) in [6, 6.07) is 13.5. The number of esters is 1. The molecule has 0 saturated heterocycles. The van der Waals surface area contributed by atoms with Gasteiger partial charge in [-0.15, -0.1) is 0 Å². The SMILES string of the molecule is NC(=O)CCN(C(=O)COC(=O)c1cccc(OC(F)F)c1)c1ccccc1. The minimum Gasteiger partial charge on any atom is -0.452 e. The van der Waals surface area contributed by atoms with Crippen LogP contribution in [0.2, 0.25) is 0 Å². The number of amides is 2. The number of carbonyl (C=O) groups is 3. The van der Waals surface area contributed by atoms with Gasteiger partial charge in [0.25, 0.3) is 5.91 Å². The predicted octanol–water partition coefficient (Wildman–Crippen LogP) is 2.35. The number of para-hydroxylation sites is 1. The van der Waals surface area contributed by atoms with E-state index < -0.39 is 31.0 Å². The molecule has 0 radical (unpaired) electrons. The van der Waals surface area contributed by atoms with Gasteiger partial charge in [0.1, 0.15) is 5.75 Å². The zero-order valence-corrected chi connectivity index (χ0v) is 14.7. The third-order valence-corrected chi connectivity index (χ3v) is 3.57. The van der Waals surface area contributed by atoms with Gasteiger partial charge in [-0.05, 0) is 30.3 Å². The van der Waals surface area contributed by atoms with E-state index in [2.05, 4.69) is 4.74 Å². The maximum absolute atomic E-state index is 12.5. The summed E-state index contributed by atoms with van der Waals surface area (Å²) in [5.41, 5.74) is 5.60. The summed E-state index contributed by atoms with van der Waals surface area (Å²) in [5, 5.41) is 0. The van der Waals surface area contributed by atoms with E-state index >= 15 is 0 Å². The van der Waals surface area contributed by atoms with Crippen molar-refractivity contribution in [3.05, 3.63) is 60.2 Å². The lowest BCUT2D eigenvalue weighted by atomic mass is 10.2. The highest BCUT2D eigenvalue weighted by atomic mass is 19.3. The number of carbonyl (C=O) groups excluding carboxylic acids is 3. The van der Waals surface area contributed by atoms with Gasteiger partial charge in [0.15, 0.2) is 6.61 Å². The Balaban J connectivity index is 2.03. The maximum atomic E-state index is 12.5. The first kappa shape index (κ1) is 20.8. The van der Waals surface area contributed by atoms with Crippen molar-refractivity contribution >= 4 is 23.5 Å². The Hall–Kier alpha value is -3.49. The number of anilines is 1. The molecule has 0 aliphatic heterocycles. The van der Waals surface area contributed by atoms with Crippen LogP contribution in [0.3, 0.4) is 0 Å². The van der Waals surface area contributed by atoms with Crippen LogP contribution in [0.25, 0.3) is 0 Å². The molecule has 0 atom stereocenters. The number of primary amides is 1. The Kier molecular flexibility index (Phi) is 7.44. The van der Waals surface area contributed by atoms with Crippen molar-refractivity contribution in [1.82, 2.24) is 0 Å². The fourth-order valence-electron chi connectivity index (χ4n) is 2.32. The lowest BCUT2D eigenvalue weighted by molar-refractivity contribution is -0.121. The number of benzene rings is 2. The minimum absolute atomic E-state index is 0.0213. The number of nitrogens with two attached hydrogens (primary N) is 1. The fourth-order valence-corrected chi connectivity index (χ4v) is 2.32. The van der Waals surface area contributed by atoms with E-state index in [0.717, 1.165) is 6.07 Å². The van der Waals surface area contributed by atoms with Crippen molar-refractivity contribution in [3.8, 4) is 5.75 Å². The number of alkyl halides is 2. The molecule has 7 nitrogen and oxygen atoms in total. The quantitative estimate of drug-likeness (QED) is 0.661. The molecule has 0 aromatic heterocycles. The van der Waals surface area contributed by atoms with Crippen LogP contribution in [0.1, 0.15) is 16.8 Å². The number of rotatable bonds is 9. The molecule has 28 heavy (non-hydrogen) atoms. The van der Waals surface area contributed by atoms with E-state index in [1.165, 1.54) is 23.1 Å². The molecule has 0 unspecified atom stereocenters. The van der Waals surface area contributed by atoms with E-state index in [4.69, 9.17) is 10.5 Å². The van der Waals surface area contributed by atoms with Crippen molar-refractivity contribution < 1.29 is 32.6 Å². The molecule has 0 aliphatic carbocycles. The second-order valence-electron chi connectivity index (χ2n) is 5.58. The second-order valence-corrected chi connectivity index (χ2v) is 5.58. The molecule has 0 aliphatic rings. The summed E-state index contributed by atoms with van der Waals surface area (Å²) >= 11 is 0. The number of ether oxygens (including phenoxy) is 2. The predicted molar refractivity (Wildman–Crippen MR) is 96.0 cm³/mol. The van der Waals surface area contributed by atoms with Crippen LogP contribution in [-0.2, 0) is 14.3 Å². The van der Waals surface area contributed by atoms with Gasteiger partial charge in [-0.2, -0.15) is 8.78 Å². The molecule has 9 heteroatoms. The summed E-state index contributed by atoms with van der Waals surface area (Å²) in [7, 11) is 0. The highest BCUT2D eigenvalue weighted by Crippen LogP contribution is 2.17. The molecular weight excluding hydrogens is 374 g/mol. The largest absolute Gasteiger partial charge is 0.452 e. The smallest absolute Gasteiger partial charge is 0.387 e. The van der Waals surface area contributed by atoms with Crippen LogP contribution in [0.4, 0.5) is 14.5 Å². The molecule has 2 rings (SSSR count). The summed E-state index contributed by atoms with van der Waals surface area (Å²) in [4.78, 5) is 36.9. The lowest BCUT2D eigenvalue weighted by Gasteiger charge is -2.22. The van der Waals surface area contributed by atoms with Gasteiger partial charge in [0.2, 0.25) is 5.91 Å². The molecule has 0 spiro atoms. The van der Waals surface area contributed by atoms with E-state index in [0.29, 0.717) is 5.69 Å². The molecule has 2 N–H and O–H groups in total. The molecule has 2 amide bonds. The van der Waals surface area contributed by atoms with Crippen LogP contribution >= 0.6 is 0 Å². The molecule has 2 aromatic carbocycles. The number of hydrogen-bond donors (Lipinski definition) is 1. The summed E-state index contributed by atoms with van der Waals surface area (Å²) in [5.74, 6) is -2.23. The zero-order chi connectivity index (χ0) is 20.5. The van der Waals surface area contributed by atoms with Crippen molar-refractivity contribution in [2.45, 2.75) is 13.0 Å². The molecular formula is C19H18F2N2O5. The van der Waals surface area contributed by atoms with Crippen molar-refractivity contribution in [3.63, 3.8) is 0 Å². The highest BCUT2D eigenvalue weighted by Gasteiger charge is 2.19. The number of halogens is 2. The van der Waals surface area contributed by atoms with Gasteiger partial charge in [-0.25, -0.2) is 4.79 Å². The Morgan fingerprint density at radius 1 is 1.04 bits per heavy atom. The number of hydrogen-bond acceptors (Lipinski definition) is 5. The second kappa shape index (κ2) is 10.0. The summed E-state index contributed by atoms with van der Waals surface area (Å²) in [6.45, 7) is -3.61. The van der Waals surface area contributed by atoms with Crippen molar-refractivity contribution in [2.75, 3.05) is 18.1 Å². The normalized spacial score (nSPS) is 10.4. The van der Waals surface area contributed by atoms with Gasteiger partial charge >= 0.3 is 12.6 Å². The van der Waals surface area contributed by atoms with Crippen LogP contribution in [0.5, 0.6) is 5.75 Å². The first-order valence-electron chi connectivity index (χ1n) is 8.22. The van der Waals surface area contributed by atoms with Crippen LogP contribution in [0, 0.1) is 0 Å². The first-order valence-corrected chi connectivity index (χ1v) is 8.22. The highest BCUT2D eigenvalue weighted by molar-refractivity contribution is 5.97. The minimum atomic E-state index is -3.03. The van der Waals surface area contributed by atoms with E-state index in [1.807, 2.05) is 0 Å². The lowest BCUT2D eigenvalue weighted by Crippen LogP contribution is -2.37. The summed E-state index contributed by atoms with van der Waals surface area (Å²) < 4.78 is 33.7. The first-order chi connectivity index (χ1) is 13.4. The number of nitrogens with zero attached hydrogens (tertiary/aromatic N) is 1. The Bertz CT molecular complexity index is 830. The molecule has 0 heterocycles. The molecule has 2 aromatic rings. The van der Waals surface area contributed by atoms with Gasteiger partial charge in [0.05, 0.1) is 5.56 Å². The van der Waals surface area contributed by atoms with Crippen LogP contribution in [0.15, 0.2) is 54.6 Å². The van der Waals surface area contributed by atoms with Crippen molar-refractivity contribution in [2.24, 2.45) is 5.73 Å². The van der Waals surface area contributed by atoms with Gasteiger partial charge in [0, 0.05) is 18.7 Å². The van der Waals surface area contributed by atoms with Gasteiger partial charge in [-0.1, -0.05) is 24.3 Å². The molecule has 0 fully saturated rings. The molecule has 148 valence electrons. The van der Waals surface area contributed by atoms with E-state index in [-0.39, 0.29) is 24.3 Å². The average molecular weight is 392 g/mol. The van der Waals surface area contributed by atoms with Gasteiger partial charge in [-0.3, -0.25) is 9.59 Å².